The maximum Gasteiger partial charge on any atom is 0.220 e. The van der Waals surface area contributed by atoms with Gasteiger partial charge in [-0.05, 0) is 18.8 Å². The predicted octanol–water partition coefficient (Wildman–Crippen LogP) is 3.11. The van der Waals surface area contributed by atoms with Crippen molar-refractivity contribution >= 4 is 11.8 Å². The van der Waals surface area contributed by atoms with Crippen LogP contribution in [-0.4, -0.2) is 25.5 Å². The quantitative estimate of drug-likeness (QED) is 0.358. The van der Waals surface area contributed by atoms with E-state index in [-0.39, 0.29) is 5.91 Å². The smallest absolute Gasteiger partial charge is 0.220 e. The Morgan fingerprint density at radius 3 is 2.39 bits per heavy atom. The fourth-order valence-electron chi connectivity index (χ4n) is 1.71. The molecule has 0 radical (unpaired) electrons. The number of rotatable bonds is 10. The third-order valence-electron chi connectivity index (χ3n) is 2.74. The van der Waals surface area contributed by atoms with Crippen molar-refractivity contribution < 1.29 is 9.53 Å². The van der Waals surface area contributed by atoms with Crippen molar-refractivity contribution in [3.63, 3.8) is 0 Å². The van der Waals surface area contributed by atoms with Crippen LogP contribution in [0.4, 0.5) is 0 Å². The van der Waals surface area contributed by atoms with E-state index in [0.29, 0.717) is 18.2 Å². The summed E-state index contributed by atoms with van der Waals surface area (Å²) in [6.07, 6.45) is 6.86. The van der Waals surface area contributed by atoms with E-state index in [2.05, 4.69) is 19.2 Å². The molecule has 4 heteroatoms. The van der Waals surface area contributed by atoms with Crippen LogP contribution >= 0.6 is 0 Å². The molecule has 106 valence electrons. The Morgan fingerprint density at radius 2 is 1.78 bits per heavy atom. The van der Waals surface area contributed by atoms with Gasteiger partial charge >= 0.3 is 0 Å². The molecule has 0 spiro atoms. The molecule has 18 heavy (non-hydrogen) atoms. The average molecular weight is 256 g/mol. The van der Waals surface area contributed by atoms with Gasteiger partial charge in [-0.2, -0.15) is 0 Å². The predicted molar refractivity (Wildman–Crippen MR) is 74.9 cm³/mol. The topological polar surface area (TPSA) is 62.2 Å². The first-order valence-electron chi connectivity index (χ1n) is 6.94. The molecule has 1 amide bonds. The SMILES string of the molecule is COC(=N)CCCCCCCNC(=O)CC(C)C. The molecule has 0 heterocycles. The van der Waals surface area contributed by atoms with Crippen molar-refractivity contribution in [2.45, 2.75) is 58.8 Å². The summed E-state index contributed by atoms with van der Waals surface area (Å²) in [7, 11) is 1.54. The first kappa shape index (κ1) is 16.9. The van der Waals surface area contributed by atoms with E-state index in [1.54, 1.807) is 7.11 Å². The van der Waals surface area contributed by atoms with Crippen LogP contribution in [0.2, 0.25) is 0 Å². The van der Waals surface area contributed by atoms with Crippen LogP contribution in [0, 0.1) is 11.3 Å². The van der Waals surface area contributed by atoms with Gasteiger partial charge in [-0.3, -0.25) is 10.2 Å². The van der Waals surface area contributed by atoms with Crippen LogP contribution in [-0.2, 0) is 9.53 Å². The highest BCUT2D eigenvalue weighted by molar-refractivity contribution is 5.75. The Balaban J connectivity index is 3.21. The zero-order chi connectivity index (χ0) is 13.8. The minimum absolute atomic E-state index is 0.165. The van der Waals surface area contributed by atoms with Crippen LogP contribution in [0.1, 0.15) is 58.8 Å². The summed E-state index contributed by atoms with van der Waals surface area (Å²) in [5.74, 6) is 0.968. The number of hydrogen-bond acceptors (Lipinski definition) is 3. The number of carbonyl (C=O) groups is 1. The van der Waals surface area contributed by atoms with E-state index in [0.717, 1.165) is 45.1 Å². The van der Waals surface area contributed by atoms with Crippen molar-refractivity contribution in [3.8, 4) is 0 Å². The minimum Gasteiger partial charge on any atom is -0.484 e. The van der Waals surface area contributed by atoms with Gasteiger partial charge in [-0.1, -0.05) is 33.1 Å². The number of ether oxygens (including phenoxy) is 1. The van der Waals surface area contributed by atoms with Gasteiger partial charge in [0.25, 0.3) is 0 Å². The minimum atomic E-state index is 0.165. The molecule has 0 saturated carbocycles. The number of unbranched alkanes of at least 4 members (excludes halogenated alkanes) is 4. The second-order valence-electron chi connectivity index (χ2n) is 5.09. The summed E-state index contributed by atoms with van der Waals surface area (Å²) in [4.78, 5) is 11.3. The van der Waals surface area contributed by atoms with E-state index >= 15 is 0 Å². The number of nitrogens with one attached hydrogen (secondary N) is 2. The van der Waals surface area contributed by atoms with Gasteiger partial charge in [-0.15, -0.1) is 0 Å². The summed E-state index contributed by atoms with van der Waals surface area (Å²) in [6, 6.07) is 0. The van der Waals surface area contributed by atoms with E-state index in [1.807, 2.05) is 0 Å². The number of methoxy groups -OCH3 is 1. The molecule has 0 aliphatic heterocycles. The molecule has 0 aliphatic carbocycles. The molecule has 2 N–H and O–H groups in total. The lowest BCUT2D eigenvalue weighted by Gasteiger charge is -2.07. The molecule has 0 bridgehead atoms. The van der Waals surface area contributed by atoms with Crippen LogP contribution in [0.15, 0.2) is 0 Å². The number of amides is 1. The molecule has 0 aliphatic rings. The van der Waals surface area contributed by atoms with E-state index < -0.39 is 0 Å². The second kappa shape index (κ2) is 11.1. The van der Waals surface area contributed by atoms with Gasteiger partial charge in [0.15, 0.2) is 5.90 Å². The summed E-state index contributed by atoms with van der Waals surface area (Å²) >= 11 is 0. The lowest BCUT2D eigenvalue weighted by atomic mass is 10.1. The van der Waals surface area contributed by atoms with Gasteiger partial charge in [0, 0.05) is 19.4 Å². The molecule has 4 nitrogen and oxygen atoms in total. The molecule has 0 fully saturated rings. The highest BCUT2D eigenvalue weighted by Crippen LogP contribution is 2.06. The monoisotopic (exact) mass is 256 g/mol. The summed E-state index contributed by atoms with van der Waals surface area (Å²) in [6.45, 7) is 4.90. The number of hydrogen-bond donors (Lipinski definition) is 2. The molecule has 0 atom stereocenters. The van der Waals surface area contributed by atoms with E-state index in [1.165, 1.54) is 0 Å². The molecule has 0 saturated heterocycles. The third kappa shape index (κ3) is 11.4. The standard InChI is InChI=1S/C14H28N2O2/c1-12(2)11-14(17)16-10-8-6-4-5-7-9-13(15)18-3/h12,15H,4-11H2,1-3H3,(H,16,17). The van der Waals surface area contributed by atoms with Crippen molar-refractivity contribution in [1.29, 1.82) is 5.41 Å². The maximum absolute atomic E-state index is 11.3. The van der Waals surface area contributed by atoms with Gasteiger partial charge in [-0.25, -0.2) is 0 Å². The highest BCUT2D eigenvalue weighted by atomic mass is 16.5. The van der Waals surface area contributed by atoms with Gasteiger partial charge < -0.3 is 10.1 Å². The summed E-state index contributed by atoms with van der Waals surface area (Å²) < 4.78 is 4.79. The molecular weight excluding hydrogens is 228 g/mol. The molecule has 0 aromatic heterocycles. The second-order valence-corrected chi connectivity index (χ2v) is 5.09. The fraction of sp³-hybridized carbons (Fsp3) is 0.857. The van der Waals surface area contributed by atoms with E-state index in [4.69, 9.17) is 10.1 Å². The van der Waals surface area contributed by atoms with Gasteiger partial charge in [0.05, 0.1) is 7.11 Å². The highest BCUT2D eigenvalue weighted by Gasteiger charge is 2.03. The lowest BCUT2D eigenvalue weighted by molar-refractivity contribution is -0.121. The van der Waals surface area contributed by atoms with Crippen molar-refractivity contribution in [2.75, 3.05) is 13.7 Å². The Kier molecular flexibility index (Phi) is 10.4. The molecule has 0 aromatic carbocycles. The Morgan fingerprint density at radius 1 is 1.17 bits per heavy atom. The van der Waals surface area contributed by atoms with Crippen molar-refractivity contribution in [2.24, 2.45) is 5.92 Å². The molecule has 0 unspecified atom stereocenters. The largest absolute Gasteiger partial charge is 0.484 e. The zero-order valence-corrected chi connectivity index (χ0v) is 12.1. The first-order valence-corrected chi connectivity index (χ1v) is 6.94. The van der Waals surface area contributed by atoms with E-state index in [9.17, 15) is 4.79 Å². The van der Waals surface area contributed by atoms with Gasteiger partial charge in [0.2, 0.25) is 5.91 Å². The lowest BCUT2D eigenvalue weighted by Crippen LogP contribution is -2.25. The van der Waals surface area contributed by atoms with Crippen LogP contribution < -0.4 is 5.32 Å². The average Bonchev–Trinajstić information content (AvgIpc) is 2.31. The van der Waals surface area contributed by atoms with Crippen molar-refractivity contribution in [3.05, 3.63) is 0 Å². The van der Waals surface area contributed by atoms with Crippen LogP contribution in [0.25, 0.3) is 0 Å². The summed E-state index contributed by atoms with van der Waals surface area (Å²) in [5, 5.41) is 10.3. The molecule has 0 aromatic rings. The molecular formula is C14H28N2O2. The normalized spacial score (nSPS) is 10.4. The number of carbonyl (C=O) groups excluding carboxylic acids is 1. The Labute approximate surface area is 111 Å². The third-order valence-corrected chi connectivity index (χ3v) is 2.74. The van der Waals surface area contributed by atoms with Crippen molar-refractivity contribution in [1.82, 2.24) is 5.32 Å². The van der Waals surface area contributed by atoms with Gasteiger partial charge in [0.1, 0.15) is 0 Å². The van der Waals surface area contributed by atoms with Crippen LogP contribution in [0.5, 0.6) is 0 Å². The summed E-state index contributed by atoms with van der Waals surface area (Å²) in [5.41, 5.74) is 0. The zero-order valence-electron chi connectivity index (χ0n) is 12.1. The Hall–Kier alpha value is -1.06. The van der Waals surface area contributed by atoms with Crippen LogP contribution in [0.3, 0.4) is 0 Å². The fourth-order valence-corrected chi connectivity index (χ4v) is 1.71. The Bertz CT molecular complexity index is 240. The first-order chi connectivity index (χ1) is 8.56. The molecule has 0 rings (SSSR count). The maximum atomic E-state index is 11.3.